The fourth-order valence-electron chi connectivity index (χ4n) is 2.50. The lowest BCUT2D eigenvalue weighted by molar-refractivity contribution is -0.138. The van der Waals surface area contributed by atoms with Crippen LogP contribution in [0.4, 0.5) is 0 Å². The van der Waals surface area contributed by atoms with E-state index in [0.717, 1.165) is 32.2 Å². The zero-order chi connectivity index (χ0) is 9.97. The number of piperidine rings is 2. The molecule has 14 heavy (non-hydrogen) atoms. The summed E-state index contributed by atoms with van der Waals surface area (Å²) in [6.07, 6.45) is 4.50. The molecule has 2 heterocycles. The molecule has 2 rings (SSSR count). The molecule has 2 unspecified atom stereocenters. The van der Waals surface area contributed by atoms with Crippen LogP contribution in [0, 0.1) is 0 Å². The summed E-state index contributed by atoms with van der Waals surface area (Å²) < 4.78 is 0. The highest BCUT2D eigenvalue weighted by Crippen LogP contribution is 2.29. The number of rotatable bonds is 1. The maximum Gasteiger partial charge on any atom is 0.222 e. The fourth-order valence-corrected chi connectivity index (χ4v) is 2.50. The minimum absolute atomic E-state index is 0.0120. The molecule has 2 atom stereocenters. The Balaban J connectivity index is 2.15. The molecule has 2 saturated heterocycles. The Morgan fingerprint density at radius 1 is 1.43 bits per heavy atom. The fraction of sp³-hybridized carbons (Fsp3) is 0.889. The normalized spacial score (nSPS) is 32.0. The Kier molecular flexibility index (Phi) is 2.59. The van der Waals surface area contributed by atoms with Gasteiger partial charge in [0.25, 0.3) is 0 Å². The van der Waals surface area contributed by atoms with Gasteiger partial charge in [0.05, 0.1) is 6.04 Å². The molecular weight excluding hydrogens is 180 g/mol. The molecule has 0 radical (unpaired) electrons. The quantitative estimate of drug-likeness (QED) is 0.356. The Morgan fingerprint density at radius 3 is 3.07 bits per heavy atom. The van der Waals surface area contributed by atoms with Gasteiger partial charge in [-0.3, -0.25) is 4.79 Å². The summed E-state index contributed by atoms with van der Waals surface area (Å²) in [4.78, 5) is 16.3. The molecule has 0 N–H and O–H groups in total. The first-order valence-corrected chi connectivity index (χ1v) is 5.16. The smallest absolute Gasteiger partial charge is 0.222 e. The van der Waals surface area contributed by atoms with Gasteiger partial charge in [0.15, 0.2) is 0 Å². The molecular formula is C9H14N4O. The van der Waals surface area contributed by atoms with Gasteiger partial charge >= 0.3 is 0 Å². The van der Waals surface area contributed by atoms with Crippen LogP contribution in [0.2, 0.25) is 0 Å². The lowest BCUT2D eigenvalue weighted by Gasteiger charge is -2.42. The van der Waals surface area contributed by atoms with Crippen molar-refractivity contribution in [3.05, 3.63) is 10.4 Å². The van der Waals surface area contributed by atoms with Gasteiger partial charge in [0.2, 0.25) is 5.91 Å². The Hall–Kier alpha value is -1.22. The second-order valence-corrected chi connectivity index (χ2v) is 3.96. The molecule has 2 aliphatic rings. The molecule has 5 nitrogen and oxygen atoms in total. The average Bonchev–Trinajstić information content (AvgIpc) is 2.20. The number of amides is 1. The molecule has 76 valence electrons. The minimum Gasteiger partial charge on any atom is -0.339 e. The molecule has 0 saturated carbocycles. The number of hydrogen-bond donors (Lipinski definition) is 0. The highest BCUT2D eigenvalue weighted by Gasteiger charge is 2.35. The zero-order valence-corrected chi connectivity index (χ0v) is 8.09. The van der Waals surface area contributed by atoms with Crippen LogP contribution in [0.3, 0.4) is 0 Å². The summed E-state index contributed by atoms with van der Waals surface area (Å²) in [6, 6.07) is 0.193. The molecule has 0 aromatic rings. The number of carbonyl (C=O) groups is 1. The van der Waals surface area contributed by atoms with Crippen LogP contribution < -0.4 is 0 Å². The number of nitrogens with zero attached hydrogens (tertiary/aromatic N) is 4. The summed E-state index contributed by atoms with van der Waals surface area (Å²) >= 11 is 0. The van der Waals surface area contributed by atoms with E-state index in [2.05, 4.69) is 10.0 Å². The number of hydrogen-bond acceptors (Lipinski definition) is 2. The van der Waals surface area contributed by atoms with Gasteiger partial charge in [-0.2, -0.15) is 0 Å². The molecule has 5 heteroatoms. The van der Waals surface area contributed by atoms with Crippen molar-refractivity contribution in [3.8, 4) is 0 Å². The first-order chi connectivity index (χ1) is 6.83. The van der Waals surface area contributed by atoms with Gasteiger partial charge < -0.3 is 4.90 Å². The molecule has 2 fully saturated rings. The van der Waals surface area contributed by atoms with Crippen molar-refractivity contribution >= 4 is 5.91 Å². The van der Waals surface area contributed by atoms with Gasteiger partial charge in [-0.05, 0) is 31.2 Å². The van der Waals surface area contributed by atoms with Crippen LogP contribution in [0.1, 0.15) is 32.1 Å². The summed E-state index contributed by atoms with van der Waals surface area (Å²) in [5, 5.41) is 3.79. The second-order valence-electron chi connectivity index (χ2n) is 3.96. The van der Waals surface area contributed by atoms with Gasteiger partial charge in [-0.25, -0.2) is 0 Å². The molecule has 1 amide bonds. The highest BCUT2D eigenvalue weighted by molar-refractivity contribution is 5.77. The van der Waals surface area contributed by atoms with Crippen LogP contribution in [-0.4, -0.2) is 29.4 Å². The van der Waals surface area contributed by atoms with Crippen molar-refractivity contribution in [1.29, 1.82) is 0 Å². The van der Waals surface area contributed by atoms with Crippen molar-refractivity contribution in [2.24, 2.45) is 5.11 Å². The van der Waals surface area contributed by atoms with E-state index in [9.17, 15) is 4.79 Å². The topological polar surface area (TPSA) is 69.1 Å². The number of azide groups is 1. The van der Waals surface area contributed by atoms with E-state index >= 15 is 0 Å². The third-order valence-electron chi connectivity index (χ3n) is 3.15. The van der Waals surface area contributed by atoms with Crippen LogP contribution in [0.5, 0.6) is 0 Å². The Labute approximate surface area is 82.7 Å². The van der Waals surface area contributed by atoms with Crippen LogP contribution in [-0.2, 0) is 4.79 Å². The lowest BCUT2D eigenvalue weighted by Crippen LogP contribution is -2.52. The van der Waals surface area contributed by atoms with Crippen molar-refractivity contribution < 1.29 is 4.79 Å². The highest BCUT2D eigenvalue weighted by atomic mass is 16.2. The maximum atomic E-state index is 11.6. The van der Waals surface area contributed by atoms with E-state index in [-0.39, 0.29) is 18.0 Å². The molecule has 2 aliphatic heterocycles. The molecule has 0 aromatic heterocycles. The summed E-state index contributed by atoms with van der Waals surface area (Å²) in [5.74, 6) is 0.235. The van der Waals surface area contributed by atoms with E-state index in [1.807, 2.05) is 4.90 Å². The zero-order valence-electron chi connectivity index (χ0n) is 8.09. The van der Waals surface area contributed by atoms with E-state index < -0.39 is 0 Å². The predicted octanol–water partition coefficient (Wildman–Crippen LogP) is 1.84. The molecule has 0 aliphatic carbocycles. The van der Waals surface area contributed by atoms with Crippen molar-refractivity contribution in [3.63, 3.8) is 0 Å². The van der Waals surface area contributed by atoms with Crippen molar-refractivity contribution in [1.82, 2.24) is 4.90 Å². The Bertz CT molecular complexity index is 279. The van der Waals surface area contributed by atoms with E-state index in [1.165, 1.54) is 0 Å². The average molecular weight is 194 g/mol. The SMILES string of the molecule is [N-]=[N+]=NC1CCCN2C(=O)CCCC12. The van der Waals surface area contributed by atoms with Crippen LogP contribution in [0.15, 0.2) is 5.11 Å². The summed E-state index contributed by atoms with van der Waals surface area (Å²) in [5.41, 5.74) is 8.43. The third kappa shape index (κ3) is 1.55. The standard InChI is InChI=1S/C9H14N4O/c10-12-11-7-3-2-6-13-8(7)4-1-5-9(13)14/h7-8H,1-6H2. The lowest BCUT2D eigenvalue weighted by atomic mass is 9.89. The van der Waals surface area contributed by atoms with Crippen molar-refractivity contribution in [2.75, 3.05) is 6.54 Å². The first-order valence-electron chi connectivity index (χ1n) is 5.16. The largest absolute Gasteiger partial charge is 0.339 e. The van der Waals surface area contributed by atoms with E-state index in [0.29, 0.717) is 6.42 Å². The third-order valence-corrected chi connectivity index (χ3v) is 3.15. The second kappa shape index (κ2) is 3.88. The number of carbonyl (C=O) groups excluding carboxylic acids is 1. The monoisotopic (exact) mass is 194 g/mol. The minimum atomic E-state index is 0.0120. The van der Waals surface area contributed by atoms with E-state index in [1.54, 1.807) is 0 Å². The molecule has 0 aromatic carbocycles. The summed E-state index contributed by atoms with van der Waals surface area (Å²) in [7, 11) is 0. The van der Waals surface area contributed by atoms with E-state index in [4.69, 9.17) is 5.53 Å². The first kappa shape index (κ1) is 9.34. The van der Waals surface area contributed by atoms with Crippen molar-refractivity contribution in [2.45, 2.75) is 44.2 Å². The molecule has 0 spiro atoms. The van der Waals surface area contributed by atoms with Crippen LogP contribution >= 0.6 is 0 Å². The van der Waals surface area contributed by atoms with Crippen LogP contribution in [0.25, 0.3) is 10.4 Å². The predicted molar refractivity (Wildman–Crippen MR) is 51.5 cm³/mol. The van der Waals surface area contributed by atoms with Gasteiger partial charge in [-0.1, -0.05) is 5.11 Å². The Morgan fingerprint density at radius 2 is 2.29 bits per heavy atom. The van der Waals surface area contributed by atoms with Gasteiger partial charge in [0, 0.05) is 23.9 Å². The summed E-state index contributed by atoms with van der Waals surface area (Å²) in [6.45, 7) is 0.848. The van der Waals surface area contributed by atoms with Gasteiger partial charge in [0.1, 0.15) is 0 Å². The number of fused-ring (bicyclic) bond motifs is 1. The maximum absolute atomic E-state index is 11.6. The van der Waals surface area contributed by atoms with Gasteiger partial charge in [-0.15, -0.1) is 0 Å². The molecule has 0 bridgehead atoms.